The first-order valence-corrected chi connectivity index (χ1v) is 5.92. The van der Waals surface area contributed by atoms with Crippen molar-refractivity contribution in [3.63, 3.8) is 0 Å². The molecular formula is C12H11ClN2O4. The number of hydrogen-bond donors (Lipinski definition) is 1. The van der Waals surface area contributed by atoms with E-state index in [0.29, 0.717) is 21.5 Å². The minimum Gasteiger partial charge on any atom is -0.481 e. The van der Waals surface area contributed by atoms with Crippen LogP contribution in [0.15, 0.2) is 18.3 Å². The molecule has 0 aliphatic carbocycles. The summed E-state index contributed by atoms with van der Waals surface area (Å²) < 4.78 is 1.68. The molecule has 0 unspecified atom stereocenters. The highest BCUT2D eigenvalue weighted by atomic mass is 35.5. The highest BCUT2D eigenvalue weighted by molar-refractivity contribution is 6.35. The Hall–Kier alpha value is -2.08. The number of benzene rings is 1. The Kier molecular flexibility index (Phi) is 3.44. The first kappa shape index (κ1) is 13.4. The second-order valence-electron chi connectivity index (χ2n) is 4.21. The van der Waals surface area contributed by atoms with Crippen molar-refractivity contribution in [1.82, 2.24) is 4.57 Å². The van der Waals surface area contributed by atoms with Gasteiger partial charge in [0.1, 0.15) is 0 Å². The molecule has 0 radical (unpaired) electrons. The lowest BCUT2D eigenvalue weighted by Gasteiger charge is -2.01. The number of hydrogen-bond acceptors (Lipinski definition) is 3. The van der Waals surface area contributed by atoms with Crippen LogP contribution in [-0.4, -0.2) is 20.6 Å². The number of carboxylic acids is 1. The summed E-state index contributed by atoms with van der Waals surface area (Å²) in [4.78, 5) is 21.2. The lowest BCUT2D eigenvalue weighted by molar-refractivity contribution is -0.383. The summed E-state index contributed by atoms with van der Waals surface area (Å²) in [5, 5.41) is 20.6. The number of rotatable bonds is 4. The number of carboxylic acid groups (broad SMARTS) is 1. The van der Waals surface area contributed by atoms with Gasteiger partial charge in [-0.1, -0.05) is 11.6 Å². The fourth-order valence-corrected chi connectivity index (χ4v) is 2.45. The number of nitro benzene ring substituents is 1. The Labute approximate surface area is 113 Å². The van der Waals surface area contributed by atoms with Gasteiger partial charge in [-0.15, -0.1) is 0 Å². The normalized spacial score (nSPS) is 10.8. The second kappa shape index (κ2) is 4.89. The topological polar surface area (TPSA) is 85.4 Å². The molecule has 0 aliphatic heterocycles. The van der Waals surface area contributed by atoms with E-state index in [2.05, 4.69) is 0 Å². The maximum absolute atomic E-state index is 11.1. The van der Waals surface area contributed by atoms with E-state index in [4.69, 9.17) is 16.7 Å². The third-order valence-electron chi connectivity index (χ3n) is 2.93. The zero-order chi connectivity index (χ0) is 14.2. The molecule has 1 aromatic heterocycles. The van der Waals surface area contributed by atoms with Crippen molar-refractivity contribution in [2.24, 2.45) is 7.05 Å². The van der Waals surface area contributed by atoms with Gasteiger partial charge in [-0.2, -0.15) is 0 Å². The first-order chi connectivity index (χ1) is 8.91. The summed E-state index contributed by atoms with van der Waals surface area (Å²) >= 11 is 6.06. The van der Waals surface area contributed by atoms with E-state index in [-0.39, 0.29) is 18.5 Å². The average molecular weight is 283 g/mol. The van der Waals surface area contributed by atoms with Crippen molar-refractivity contribution in [2.75, 3.05) is 0 Å². The predicted octanol–water partition coefficient (Wildman–Crippen LogP) is 2.76. The zero-order valence-corrected chi connectivity index (χ0v) is 10.8. The number of halogens is 1. The van der Waals surface area contributed by atoms with Gasteiger partial charge < -0.3 is 9.67 Å². The number of non-ortho nitro benzene ring substituents is 1. The maximum Gasteiger partial charge on any atom is 0.303 e. The highest BCUT2D eigenvalue weighted by Crippen LogP contribution is 2.35. The third kappa shape index (κ3) is 2.39. The van der Waals surface area contributed by atoms with Gasteiger partial charge in [0, 0.05) is 25.7 Å². The molecule has 1 N–H and O–H groups in total. The van der Waals surface area contributed by atoms with Crippen molar-refractivity contribution in [3.8, 4) is 0 Å². The zero-order valence-electron chi connectivity index (χ0n) is 10.1. The fourth-order valence-electron chi connectivity index (χ4n) is 2.16. The van der Waals surface area contributed by atoms with E-state index in [1.165, 1.54) is 12.1 Å². The Bertz CT molecular complexity index is 678. The molecule has 100 valence electrons. The second-order valence-corrected chi connectivity index (χ2v) is 4.61. The molecule has 0 atom stereocenters. The number of nitrogens with zero attached hydrogens (tertiary/aromatic N) is 2. The van der Waals surface area contributed by atoms with Crippen LogP contribution >= 0.6 is 11.6 Å². The van der Waals surface area contributed by atoms with E-state index in [1.807, 2.05) is 0 Å². The quantitative estimate of drug-likeness (QED) is 0.690. The van der Waals surface area contributed by atoms with E-state index in [0.717, 1.165) is 0 Å². The molecule has 0 saturated heterocycles. The molecule has 0 fully saturated rings. The molecule has 0 spiro atoms. The molecule has 7 heteroatoms. The molecule has 2 rings (SSSR count). The van der Waals surface area contributed by atoms with Gasteiger partial charge in [-0.25, -0.2) is 0 Å². The standard InChI is InChI=1S/C12H11ClN2O4/c1-14-6-7(2-5-10(16)17)11-9(15(18)19)4-3-8(13)12(11)14/h3-4,6H,2,5H2,1H3,(H,16,17). The van der Waals surface area contributed by atoms with Crippen molar-refractivity contribution < 1.29 is 14.8 Å². The SMILES string of the molecule is Cn1cc(CCC(=O)O)c2c([N+](=O)[O-])ccc(Cl)c21. The molecule has 19 heavy (non-hydrogen) atoms. The van der Waals surface area contributed by atoms with E-state index >= 15 is 0 Å². The van der Waals surface area contributed by atoms with Crippen LogP contribution in [-0.2, 0) is 18.3 Å². The smallest absolute Gasteiger partial charge is 0.303 e. The van der Waals surface area contributed by atoms with Crippen LogP contribution in [0.1, 0.15) is 12.0 Å². The number of carbonyl (C=O) groups is 1. The number of aromatic nitrogens is 1. The third-order valence-corrected chi connectivity index (χ3v) is 3.24. The van der Waals surface area contributed by atoms with Gasteiger partial charge in [0.05, 0.1) is 20.8 Å². The summed E-state index contributed by atoms with van der Waals surface area (Å²) in [6.45, 7) is 0. The van der Waals surface area contributed by atoms with Crippen LogP contribution in [0.5, 0.6) is 0 Å². The molecule has 1 aromatic carbocycles. The Morgan fingerprint density at radius 2 is 2.21 bits per heavy atom. The van der Waals surface area contributed by atoms with Crippen LogP contribution < -0.4 is 0 Å². The van der Waals surface area contributed by atoms with Gasteiger partial charge in [-0.05, 0) is 18.1 Å². The van der Waals surface area contributed by atoms with Crippen LogP contribution in [0.25, 0.3) is 10.9 Å². The van der Waals surface area contributed by atoms with Crippen molar-refractivity contribution in [1.29, 1.82) is 0 Å². The first-order valence-electron chi connectivity index (χ1n) is 5.54. The van der Waals surface area contributed by atoms with Gasteiger partial charge in [-0.3, -0.25) is 14.9 Å². The van der Waals surface area contributed by atoms with Gasteiger partial charge in [0.25, 0.3) is 5.69 Å². The Morgan fingerprint density at radius 3 is 2.79 bits per heavy atom. The molecular weight excluding hydrogens is 272 g/mol. The minimum absolute atomic E-state index is 0.0552. The highest BCUT2D eigenvalue weighted by Gasteiger charge is 2.20. The number of nitro groups is 1. The minimum atomic E-state index is -0.943. The summed E-state index contributed by atoms with van der Waals surface area (Å²) in [7, 11) is 1.72. The number of aryl methyl sites for hydroxylation is 2. The lowest BCUT2D eigenvalue weighted by atomic mass is 10.1. The Balaban J connectivity index is 2.67. The molecule has 2 aromatic rings. The van der Waals surface area contributed by atoms with Gasteiger partial charge in [0.15, 0.2) is 0 Å². The lowest BCUT2D eigenvalue weighted by Crippen LogP contribution is -1.97. The largest absolute Gasteiger partial charge is 0.481 e. The van der Waals surface area contributed by atoms with Crippen LogP contribution in [0.3, 0.4) is 0 Å². The number of aliphatic carboxylic acids is 1. The predicted molar refractivity (Wildman–Crippen MR) is 70.5 cm³/mol. The van der Waals surface area contributed by atoms with Crippen LogP contribution in [0, 0.1) is 10.1 Å². The Morgan fingerprint density at radius 1 is 1.53 bits per heavy atom. The van der Waals surface area contributed by atoms with Crippen molar-refractivity contribution >= 4 is 34.2 Å². The van der Waals surface area contributed by atoms with Crippen LogP contribution in [0.4, 0.5) is 5.69 Å². The maximum atomic E-state index is 11.1. The molecule has 0 saturated carbocycles. The summed E-state index contributed by atoms with van der Waals surface area (Å²) in [5.74, 6) is -0.943. The van der Waals surface area contributed by atoms with E-state index in [9.17, 15) is 14.9 Å². The summed E-state index contributed by atoms with van der Waals surface area (Å²) in [6.07, 6.45) is 1.84. The summed E-state index contributed by atoms with van der Waals surface area (Å²) in [5.41, 5.74) is 1.12. The average Bonchev–Trinajstić information content (AvgIpc) is 2.65. The fraction of sp³-hybridized carbons (Fsp3) is 0.250. The molecule has 0 aliphatic rings. The van der Waals surface area contributed by atoms with Crippen molar-refractivity contribution in [2.45, 2.75) is 12.8 Å². The van der Waals surface area contributed by atoms with Crippen LogP contribution in [0.2, 0.25) is 5.02 Å². The van der Waals surface area contributed by atoms with E-state index < -0.39 is 10.9 Å². The van der Waals surface area contributed by atoms with Gasteiger partial charge in [0.2, 0.25) is 0 Å². The monoisotopic (exact) mass is 282 g/mol. The van der Waals surface area contributed by atoms with Crippen molar-refractivity contribution in [3.05, 3.63) is 39.0 Å². The summed E-state index contributed by atoms with van der Waals surface area (Å²) in [6, 6.07) is 2.82. The molecule has 6 nitrogen and oxygen atoms in total. The number of fused-ring (bicyclic) bond motifs is 1. The van der Waals surface area contributed by atoms with E-state index in [1.54, 1.807) is 17.8 Å². The molecule has 0 amide bonds. The van der Waals surface area contributed by atoms with Gasteiger partial charge >= 0.3 is 5.97 Å². The molecule has 1 heterocycles. The molecule has 0 bridgehead atoms.